The Hall–Kier alpha value is -4.01. The Bertz CT molecular complexity index is 1680. The van der Waals surface area contributed by atoms with Crippen LogP contribution in [-0.4, -0.2) is 41.7 Å². The van der Waals surface area contributed by atoms with Crippen molar-refractivity contribution in [1.82, 2.24) is 14.3 Å². The molecule has 192 valence electrons. The number of imidazole rings is 1. The van der Waals surface area contributed by atoms with E-state index >= 15 is 0 Å². The molecule has 1 aromatic heterocycles. The first-order chi connectivity index (χ1) is 18.5. The molecule has 1 amide bonds. The number of para-hydroxylation sites is 2. The summed E-state index contributed by atoms with van der Waals surface area (Å²) in [5.41, 5.74) is 3.45. The lowest BCUT2D eigenvalue weighted by Gasteiger charge is -2.30. The number of H-pyrrole nitrogens is 1. The van der Waals surface area contributed by atoms with Crippen LogP contribution in [0.1, 0.15) is 30.1 Å². The smallest absolute Gasteiger partial charge is 0.243 e. The van der Waals surface area contributed by atoms with Crippen LogP contribution < -0.4 is 5.32 Å². The van der Waals surface area contributed by atoms with Crippen molar-refractivity contribution in [2.75, 3.05) is 18.4 Å². The molecule has 0 radical (unpaired) electrons. The van der Waals surface area contributed by atoms with Gasteiger partial charge in [-0.1, -0.05) is 54.6 Å². The number of benzene rings is 4. The van der Waals surface area contributed by atoms with Gasteiger partial charge in [0.25, 0.3) is 0 Å². The second kappa shape index (κ2) is 10.0. The van der Waals surface area contributed by atoms with Gasteiger partial charge in [-0.2, -0.15) is 4.31 Å². The van der Waals surface area contributed by atoms with Crippen LogP contribution in [0.4, 0.5) is 5.69 Å². The third kappa shape index (κ3) is 4.80. The SMILES string of the molecule is O=C(Cc1cccc2ccccc12)Nc1ccc(S(=O)(=O)N2CCC(c3nc4ccccc4[nH]3)CC2)cc1. The number of hydrogen-bond acceptors (Lipinski definition) is 4. The maximum Gasteiger partial charge on any atom is 0.243 e. The number of rotatable bonds is 6. The summed E-state index contributed by atoms with van der Waals surface area (Å²) in [5, 5.41) is 5.03. The number of carbonyl (C=O) groups is 1. The van der Waals surface area contributed by atoms with Crippen LogP contribution in [-0.2, 0) is 21.2 Å². The van der Waals surface area contributed by atoms with Gasteiger partial charge in [0.15, 0.2) is 0 Å². The highest BCUT2D eigenvalue weighted by Crippen LogP contribution is 2.31. The van der Waals surface area contributed by atoms with Crippen molar-refractivity contribution in [3.05, 3.63) is 102 Å². The molecule has 5 aromatic rings. The van der Waals surface area contributed by atoms with E-state index < -0.39 is 10.0 Å². The third-order valence-corrected chi connectivity index (χ3v) is 9.17. The van der Waals surface area contributed by atoms with Gasteiger partial charge >= 0.3 is 0 Å². The topological polar surface area (TPSA) is 95.2 Å². The normalized spacial score (nSPS) is 15.2. The zero-order valence-electron chi connectivity index (χ0n) is 20.8. The Morgan fingerprint density at radius 2 is 1.61 bits per heavy atom. The van der Waals surface area contributed by atoms with Crippen LogP contribution in [0.15, 0.2) is 95.9 Å². The zero-order valence-corrected chi connectivity index (χ0v) is 21.6. The van der Waals surface area contributed by atoms with Crippen LogP contribution in [0.3, 0.4) is 0 Å². The van der Waals surface area contributed by atoms with Crippen LogP contribution in [0.5, 0.6) is 0 Å². The summed E-state index contributed by atoms with van der Waals surface area (Å²) in [6.45, 7) is 0.876. The van der Waals surface area contributed by atoms with E-state index in [1.807, 2.05) is 66.7 Å². The highest BCUT2D eigenvalue weighted by atomic mass is 32.2. The molecule has 0 spiro atoms. The first-order valence-corrected chi connectivity index (χ1v) is 14.2. The van der Waals surface area contributed by atoms with E-state index in [9.17, 15) is 13.2 Å². The number of piperidine rings is 1. The second-order valence-corrected chi connectivity index (χ2v) is 11.6. The van der Waals surface area contributed by atoms with Crippen molar-refractivity contribution in [3.63, 3.8) is 0 Å². The summed E-state index contributed by atoms with van der Waals surface area (Å²) in [5.74, 6) is 0.977. The highest BCUT2D eigenvalue weighted by molar-refractivity contribution is 7.89. The summed E-state index contributed by atoms with van der Waals surface area (Å²) in [4.78, 5) is 21.0. The van der Waals surface area contributed by atoms with Gasteiger partial charge in [0, 0.05) is 24.7 Å². The van der Waals surface area contributed by atoms with E-state index in [0.717, 1.165) is 33.2 Å². The van der Waals surface area contributed by atoms with Gasteiger partial charge in [-0.05, 0) is 65.6 Å². The minimum absolute atomic E-state index is 0.149. The van der Waals surface area contributed by atoms with Gasteiger partial charge in [-0.15, -0.1) is 0 Å². The molecule has 1 aliphatic rings. The molecule has 0 saturated carbocycles. The van der Waals surface area contributed by atoms with E-state index in [1.165, 1.54) is 0 Å². The lowest BCUT2D eigenvalue weighted by molar-refractivity contribution is -0.115. The molecule has 6 rings (SSSR count). The van der Waals surface area contributed by atoms with Gasteiger partial charge in [0.2, 0.25) is 15.9 Å². The lowest BCUT2D eigenvalue weighted by Crippen LogP contribution is -2.38. The number of sulfonamides is 1. The summed E-state index contributed by atoms with van der Waals surface area (Å²) >= 11 is 0. The van der Waals surface area contributed by atoms with Crippen LogP contribution >= 0.6 is 0 Å². The molecule has 0 unspecified atom stereocenters. The number of hydrogen-bond donors (Lipinski definition) is 2. The highest BCUT2D eigenvalue weighted by Gasteiger charge is 2.31. The summed E-state index contributed by atoms with van der Waals surface area (Å²) in [6, 6.07) is 28.2. The zero-order chi connectivity index (χ0) is 26.1. The molecule has 2 N–H and O–H groups in total. The van der Waals surface area contributed by atoms with Gasteiger partial charge in [-0.25, -0.2) is 13.4 Å². The number of fused-ring (bicyclic) bond motifs is 2. The number of amides is 1. The Morgan fingerprint density at radius 3 is 2.39 bits per heavy atom. The number of aromatic nitrogens is 2. The first kappa shape index (κ1) is 24.3. The molecule has 0 bridgehead atoms. The Kier molecular flexibility index (Phi) is 6.43. The molecular weight excluding hydrogens is 496 g/mol. The third-order valence-electron chi connectivity index (χ3n) is 7.26. The Balaban J connectivity index is 1.09. The van der Waals surface area contributed by atoms with Crippen molar-refractivity contribution in [1.29, 1.82) is 0 Å². The van der Waals surface area contributed by atoms with E-state index in [0.29, 0.717) is 31.6 Å². The lowest BCUT2D eigenvalue weighted by atomic mass is 9.97. The Labute approximate surface area is 221 Å². The average Bonchev–Trinajstić information content (AvgIpc) is 3.38. The number of nitrogens with zero attached hydrogens (tertiary/aromatic N) is 2. The maximum atomic E-state index is 13.3. The monoisotopic (exact) mass is 524 g/mol. The molecule has 4 aromatic carbocycles. The summed E-state index contributed by atoms with van der Waals surface area (Å²) < 4.78 is 28.1. The van der Waals surface area contributed by atoms with E-state index in [1.54, 1.807) is 28.6 Å². The summed E-state index contributed by atoms with van der Waals surface area (Å²) in [7, 11) is -3.62. The number of carbonyl (C=O) groups excluding carboxylic acids is 1. The van der Waals surface area contributed by atoms with Crippen LogP contribution in [0.2, 0.25) is 0 Å². The fraction of sp³-hybridized carbons (Fsp3) is 0.200. The number of nitrogens with one attached hydrogen (secondary N) is 2. The Morgan fingerprint density at radius 1 is 0.895 bits per heavy atom. The molecule has 1 saturated heterocycles. The molecule has 2 heterocycles. The molecule has 0 aliphatic carbocycles. The minimum atomic E-state index is -3.62. The maximum absolute atomic E-state index is 13.3. The molecule has 1 aliphatic heterocycles. The molecule has 0 atom stereocenters. The van der Waals surface area contributed by atoms with E-state index in [4.69, 9.17) is 4.98 Å². The van der Waals surface area contributed by atoms with Crippen molar-refractivity contribution < 1.29 is 13.2 Å². The van der Waals surface area contributed by atoms with Gasteiger partial charge in [0.05, 0.1) is 22.3 Å². The molecule has 1 fully saturated rings. The van der Waals surface area contributed by atoms with Gasteiger partial charge in [-0.3, -0.25) is 4.79 Å². The summed E-state index contributed by atoms with van der Waals surface area (Å²) in [6.07, 6.45) is 1.66. The second-order valence-electron chi connectivity index (χ2n) is 9.71. The van der Waals surface area contributed by atoms with Crippen molar-refractivity contribution in [3.8, 4) is 0 Å². The van der Waals surface area contributed by atoms with E-state index in [2.05, 4.69) is 10.3 Å². The fourth-order valence-corrected chi connectivity index (χ4v) is 6.69. The average molecular weight is 525 g/mol. The quantitative estimate of drug-likeness (QED) is 0.308. The van der Waals surface area contributed by atoms with E-state index in [-0.39, 0.29) is 23.1 Å². The molecule has 38 heavy (non-hydrogen) atoms. The fourth-order valence-electron chi connectivity index (χ4n) is 5.22. The molecular formula is C30H28N4O3S. The van der Waals surface area contributed by atoms with Gasteiger partial charge in [0.1, 0.15) is 5.82 Å². The number of anilines is 1. The predicted molar refractivity (Wildman–Crippen MR) is 150 cm³/mol. The standard InChI is InChI=1S/C30H28N4O3S/c35-29(20-23-8-5-7-21-6-1-2-9-26(21)23)31-24-12-14-25(15-13-24)38(36,37)34-18-16-22(17-19-34)30-32-27-10-3-4-11-28(27)33-30/h1-15,22H,16-20H2,(H,31,35)(H,32,33). The number of aromatic amines is 1. The van der Waals surface area contributed by atoms with Crippen LogP contribution in [0.25, 0.3) is 21.8 Å². The van der Waals surface area contributed by atoms with Gasteiger partial charge < -0.3 is 10.3 Å². The first-order valence-electron chi connectivity index (χ1n) is 12.8. The minimum Gasteiger partial charge on any atom is -0.342 e. The molecule has 7 nitrogen and oxygen atoms in total. The van der Waals surface area contributed by atoms with Crippen molar-refractivity contribution in [2.24, 2.45) is 0 Å². The predicted octanol–water partition coefficient (Wildman–Crippen LogP) is 5.47. The molecule has 8 heteroatoms. The van der Waals surface area contributed by atoms with Crippen LogP contribution in [0, 0.1) is 0 Å². The van der Waals surface area contributed by atoms with Crippen molar-refractivity contribution in [2.45, 2.75) is 30.1 Å². The van der Waals surface area contributed by atoms with Crippen molar-refractivity contribution >= 4 is 43.4 Å². The largest absolute Gasteiger partial charge is 0.342 e.